The van der Waals surface area contributed by atoms with Crippen LogP contribution in [0.5, 0.6) is 0 Å². The molecule has 1 unspecified atom stereocenters. The molecule has 0 bridgehead atoms. The Bertz CT molecular complexity index is 563. The van der Waals surface area contributed by atoms with Crippen LogP contribution in [0.2, 0.25) is 0 Å². The highest BCUT2D eigenvalue weighted by Gasteiger charge is 2.13. The Morgan fingerprint density at radius 2 is 2.06 bits per heavy atom. The normalized spacial score (nSPS) is 11.8. The van der Waals surface area contributed by atoms with Gasteiger partial charge < -0.3 is 5.11 Å². The van der Waals surface area contributed by atoms with E-state index in [2.05, 4.69) is 25.9 Å². The molecular weight excluding hydrogens is 282 g/mol. The number of aliphatic hydroxyl groups is 1. The number of hydrogen-bond acceptors (Lipinski definition) is 4. The summed E-state index contributed by atoms with van der Waals surface area (Å²) in [7, 11) is 0. The molecule has 0 aliphatic heterocycles. The molecule has 2 rings (SSSR count). The molecule has 1 N–H and O–H groups in total. The Labute approximate surface area is 107 Å². The first-order valence-corrected chi connectivity index (χ1v) is 5.66. The molecule has 0 saturated carbocycles. The number of aliphatic hydroxyl groups excluding tert-OH is 1. The first-order chi connectivity index (χ1) is 8.20. The van der Waals surface area contributed by atoms with Gasteiger partial charge in [-0.25, -0.2) is 4.98 Å². The smallest absolute Gasteiger partial charge is 0.138 e. The molecule has 2 aromatic heterocycles. The molecule has 84 valence electrons. The molecule has 0 fully saturated rings. The Morgan fingerprint density at radius 3 is 2.65 bits per heavy atom. The van der Waals surface area contributed by atoms with Crippen molar-refractivity contribution in [1.82, 2.24) is 9.97 Å². The third-order valence-electron chi connectivity index (χ3n) is 2.21. The number of nitrogens with zero attached hydrogens (tertiary/aromatic N) is 3. The lowest BCUT2D eigenvalue weighted by Gasteiger charge is -2.09. The fourth-order valence-electron chi connectivity index (χ4n) is 1.36. The summed E-state index contributed by atoms with van der Waals surface area (Å²) in [6.07, 6.45) is 0.538. The van der Waals surface area contributed by atoms with Crippen molar-refractivity contribution >= 4 is 15.9 Å². The minimum atomic E-state index is -0.889. The van der Waals surface area contributed by atoms with Gasteiger partial charge in [-0.3, -0.25) is 4.98 Å². The Kier molecular flexibility index (Phi) is 3.47. The second kappa shape index (κ2) is 5.04. The SMILES string of the molecule is N#Cc1ccc(C(O)c2cccc(Br)n2)nc1. The average molecular weight is 290 g/mol. The molecule has 0 aliphatic carbocycles. The van der Waals surface area contributed by atoms with Gasteiger partial charge in [0.05, 0.1) is 17.0 Å². The zero-order valence-electron chi connectivity index (χ0n) is 8.71. The first kappa shape index (κ1) is 11.7. The van der Waals surface area contributed by atoms with Crippen LogP contribution in [0.4, 0.5) is 0 Å². The molecule has 4 nitrogen and oxygen atoms in total. The van der Waals surface area contributed by atoms with Crippen molar-refractivity contribution in [3.05, 3.63) is 58.1 Å². The van der Waals surface area contributed by atoms with E-state index in [9.17, 15) is 5.11 Å². The highest BCUT2D eigenvalue weighted by Crippen LogP contribution is 2.19. The van der Waals surface area contributed by atoms with E-state index >= 15 is 0 Å². The van der Waals surface area contributed by atoms with Gasteiger partial charge in [-0.1, -0.05) is 6.07 Å². The van der Waals surface area contributed by atoms with Crippen LogP contribution in [0.3, 0.4) is 0 Å². The highest BCUT2D eigenvalue weighted by atomic mass is 79.9. The van der Waals surface area contributed by atoms with Crippen LogP contribution in [-0.2, 0) is 0 Å². The molecule has 5 heteroatoms. The van der Waals surface area contributed by atoms with Crippen LogP contribution in [0.15, 0.2) is 41.1 Å². The largest absolute Gasteiger partial charge is 0.380 e. The van der Waals surface area contributed by atoms with Crippen molar-refractivity contribution in [3.63, 3.8) is 0 Å². The van der Waals surface area contributed by atoms with E-state index in [0.717, 1.165) is 0 Å². The summed E-state index contributed by atoms with van der Waals surface area (Å²) >= 11 is 3.24. The molecule has 0 amide bonds. The summed E-state index contributed by atoms with van der Waals surface area (Å²) < 4.78 is 0.655. The molecule has 2 aromatic rings. The van der Waals surface area contributed by atoms with Crippen LogP contribution in [0, 0.1) is 11.3 Å². The maximum Gasteiger partial charge on any atom is 0.138 e. The van der Waals surface area contributed by atoms with E-state index in [1.165, 1.54) is 6.20 Å². The summed E-state index contributed by atoms with van der Waals surface area (Å²) in [5.41, 5.74) is 1.44. The lowest BCUT2D eigenvalue weighted by molar-refractivity contribution is 0.210. The lowest BCUT2D eigenvalue weighted by atomic mass is 10.1. The van der Waals surface area contributed by atoms with Crippen LogP contribution >= 0.6 is 15.9 Å². The topological polar surface area (TPSA) is 69.8 Å². The number of aromatic nitrogens is 2. The van der Waals surface area contributed by atoms with Gasteiger partial charge in [0, 0.05) is 6.20 Å². The van der Waals surface area contributed by atoms with Gasteiger partial charge in [0.2, 0.25) is 0 Å². The fraction of sp³-hybridized carbons (Fsp3) is 0.0833. The monoisotopic (exact) mass is 289 g/mol. The highest BCUT2D eigenvalue weighted by molar-refractivity contribution is 9.10. The van der Waals surface area contributed by atoms with E-state index in [0.29, 0.717) is 21.6 Å². The number of halogens is 1. The molecule has 0 radical (unpaired) electrons. The number of pyridine rings is 2. The van der Waals surface area contributed by atoms with E-state index < -0.39 is 6.10 Å². The number of hydrogen-bond donors (Lipinski definition) is 1. The Balaban J connectivity index is 2.30. The van der Waals surface area contributed by atoms with Gasteiger partial charge in [-0.05, 0) is 40.2 Å². The first-order valence-electron chi connectivity index (χ1n) is 4.87. The molecule has 0 spiro atoms. The standard InChI is InChI=1S/C12H8BrN3O/c13-11-3-1-2-10(16-11)12(17)9-5-4-8(6-14)7-15-9/h1-5,7,12,17H. The van der Waals surface area contributed by atoms with Crippen molar-refractivity contribution < 1.29 is 5.11 Å². The zero-order valence-corrected chi connectivity index (χ0v) is 10.3. The van der Waals surface area contributed by atoms with E-state index in [1.54, 1.807) is 30.3 Å². The van der Waals surface area contributed by atoms with Crippen molar-refractivity contribution in [2.24, 2.45) is 0 Å². The summed E-state index contributed by atoms with van der Waals surface area (Å²) in [6, 6.07) is 10.5. The van der Waals surface area contributed by atoms with Crippen molar-refractivity contribution in [2.75, 3.05) is 0 Å². The number of nitriles is 1. The van der Waals surface area contributed by atoms with Gasteiger partial charge >= 0.3 is 0 Å². The third-order valence-corrected chi connectivity index (χ3v) is 2.65. The maximum atomic E-state index is 10.1. The minimum absolute atomic E-state index is 0.461. The lowest BCUT2D eigenvalue weighted by Crippen LogP contribution is -2.04. The second-order valence-electron chi connectivity index (χ2n) is 3.37. The maximum absolute atomic E-state index is 10.1. The van der Waals surface area contributed by atoms with Crippen molar-refractivity contribution in [1.29, 1.82) is 5.26 Å². The van der Waals surface area contributed by atoms with Gasteiger partial charge in [-0.15, -0.1) is 0 Å². The molecule has 17 heavy (non-hydrogen) atoms. The van der Waals surface area contributed by atoms with E-state index in [1.807, 2.05) is 6.07 Å². The van der Waals surface area contributed by atoms with Crippen LogP contribution < -0.4 is 0 Å². The van der Waals surface area contributed by atoms with Gasteiger partial charge in [0.25, 0.3) is 0 Å². The second-order valence-corrected chi connectivity index (χ2v) is 4.18. The molecule has 1 atom stereocenters. The minimum Gasteiger partial charge on any atom is -0.380 e. The molecule has 2 heterocycles. The summed E-state index contributed by atoms with van der Waals surface area (Å²) in [6.45, 7) is 0. The molecular formula is C12H8BrN3O. The van der Waals surface area contributed by atoms with Crippen molar-refractivity contribution in [2.45, 2.75) is 6.10 Å². The van der Waals surface area contributed by atoms with Crippen LogP contribution in [-0.4, -0.2) is 15.1 Å². The zero-order chi connectivity index (χ0) is 12.3. The van der Waals surface area contributed by atoms with Gasteiger partial charge in [-0.2, -0.15) is 5.26 Å². The van der Waals surface area contributed by atoms with Crippen molar-refractivity contribution in [3.8, 4) is 6.07 Å². The van der Waals surface area contributed by atoms with Gasteiger partial charge in [0.15, 0.2) is 0 Å². The third kappa shape index (κ3) is 2.67. The summed E-state index contributed by atoms with van der Waals surface area (Å²) in [5, 5.41) is 18.7. The van der Waals surface area contributed by atoms with Gasteiger partial charge in [0.1, 0.15) is 16.8 Å². The van der Waals surface area contributed by atoms with E-state index in [-0.39, 0.29) is 0 Å². The summed E-state index contributed by atoms with van der Waals surface area (Å²) in [5.74, 6) is 0. The molecule has 0 aromatic carbocycles. The fourth-order valence-corrected chi connectivity index (χ4v) is 1.72. The predicted octanol–water partition coefficient (Wildman–Crippen LogP) is 2.19. The van der Waals surface area contributed by atoms with Crippen LogP contribution in [0.1, 0.15) is 23.1 Å². The Hall–Kier alpha value is -1.77. The molecule has 0 aliphatic rings. The Morgan fingerprint density at radius 1 is 1.24 bits per heavy atom. The average Bonchev–Trinajstić information content (AvgIpc) is 2.38. The predicted molar refractivity (Wildman–Crippen MR) is 65.0 cm³/mol. The van der Waals surface area contributed by atoms with E-state index in [4.69, 9.17) is 5.26 Å². The van der Waals surface area contributed by atoms with Crippen LogP contribution in [0.25, 0.3) is 0 Å². The summed E-state index contributed by atoms with van der Waals surface area (Å²) in [4.78, 5) is 8.18. The molecule has 0 saturated heterocycles. The number of rotatable bonds is 2. The quantitative estimate of drug-likeness (QED) is 0.861.